The molecule has 1 heterocycles. The summed E-state index contributed by atoms with van der Waals surface area (Å²) in [6.07, 6.45) is 0.789. The van der Waals surface area contributed by atoms with Gasteiger partial charge >= 0.3 is 7.60 Å². The molecule has 1 fully saturated rings. The first-order valence-corrected chi connectivity index (χ1v) is 7.82. The van der Waals surface area contributed by atoms with Crippen LogP contribution in [-0.2, 0) is 18.5 Å². The predicted molar refractivity (Wildman–Crippen MR) is 65.3 cm³/mol. The molecule has 0 aromatic rings. The third kappa shape index (κ3) is 2.28. The molecule has 0 spiro atoms. The smallest absolute Gasteiger partial charge is 0.334 e. The molecule has 0 N–H and O–H groups in total. The fourth-order valence-corrected chi connectivity index (χ4v) is 5.08. The Morgan fingerprint density at radius 1 is 1.41 bits per heavy atom. The average molecular weight is 261 g/mol. The van der Waals surface area contributed by atoms with Crippen LogP contribution in [0.15, 0.2) is 5.16 Å². The minimum absolute atomic E-state index is 0.0740. The molecule has 1 aliphatic heterocycles. The molecule has 0 amide bonds. The quantitative estimate of drug-likeness (QED) is 0.714. The van der Waals surface area contributed by atoms with Crippen molar-refractivity contribution >= 4 is 13.3 Å². The van der Waals surface area contributed by atoms with E-state index >= 15 is 0 Å². The second-order valence-corrected chi connectivity index (χ2v) is 6.74. The van der Waals surface area contributed by atoms with Crippen molar-refractivity contribution in [1.29, 1.82) is 0 Å². The van der Waals surface area contributed by atoms with Crippen molar-refractivity contribution in [2.45, 2.75) is 32.9 Å². The first kappa shape index (κ1) is 13.1. The van der Waals surface area contributed by atoms with E-state index in [9.17, 15) is 4.57 Å². The highest BCUT2D eigenvalue weighted by Crippen LogP contribution is 2.60. The maximum absolute atomic E-state index is 12.7. The molecule has 98 valence electrons. The summed E-state index contributed by atoms with van der Waals surface area (Å²) in [4.78, 5) is 5.08. The van der Waals surface area contributed by atoms with Gasteiger partial charge in [-0.15, -0.1) is 0 Å². The van der Waals surface area contributed by atoms with Gasteiger partial charge in [-0.3, -0.25) is 4.57 Å². The SMILES string of the molecule is CCOP(=O)(OCC)[C@H]1C[C@@H]2CON=C2[C@@H]1C. The first-order valence-electron chi connectivity index (χ1n) is 6.21. The predicted octanol–water partition coefficient (Wildman–Crippen LogP) is 2.66. The van der Waals surface area contributed by atoms with Gasteiger partial charge in [0.2, 0.25) is 0 Å². The zero-order valence-corrected chi connectivity index (χ0v) is 11.5. The number of fused-ring (bicyclic) bond motifs is 1. The molecular weight excluding hydrogens is 241 g/mol. The summed E-state index contributed by atoms with van der Waals surface area (Å²) < 4.78 is 23.6. The minimum Gasteiger partial charge on any atom is -0.395 e. The van der Waals surface area contributed by atoms with Gasteiger partial charge < -0.3 is 13.9 Å². The average Bonchev–Trinajstić information content (AvgIpc) is 2.83. The Labute approximate surface area is 102 Å². The molecule has 0 bridgehead atoms. The highest BCUT2D eigenvalue weighted by atomic mass is 31.2. The zero-order chi connectivity index (χ0) is 12.5. The van der Waals surface area contributed by atoms with E-state index in [0.717, 1.165) is 12.1 Å². The van der Waals surface area contributed by atoms with Crippen LogP contribution in [0, 0.1) is 11.8 Å². The first-order chi connectivity index (χ1) is 8.12. The van der Waals surface area contributed by atoms with E-state index in [1.807, 2.05) is 20.8 Å². The lowest BCUT2D eigenvalue weighted by atomic mass is 10.1. The molecule has 0 aromatic carbocycles. The monoisotopic (exact) mass is 261 g/mol. The van der Waals surface area contributed by atoms with Gasteiger partial charge in [0.05, 0.1) is 24.6 Å². The lowest BCUT2D eigenvalue weighted by molar-refractivity contribution is 0.148. The summed E-state index contributed by atoms with van der Waals surface area (Å²) in [5.74, 6) is 0.413. The van der Waals surface area contributed by atoms with E-state index in [1.54, 1.807) is 0 Å². The molecule has 0 saturated heterocycles. The Bertz CT molecular complexity index is 347. The van der Waals surface area contributed by atoms with Gasteiger partial charge in [-0.2, -0.15) is 0 Å². The van der Waals surface area contributed by atoms with Gasteiger partial charge in [-0.25, -0.2) is 0 Å². The number of hydrogen-bond donors (Lipinski definition) is 0. The van der Waals surface area contributed by atoms with Crippen LogP contribution in [-0.4, -0.2) is 31.2 Å². The van der Waals surface area contributed by atoms with Crippen molar-refractivity contribution in [2.75, 3.05) is 19.8 Å². The summed E-state index contributed by atoms with van der Waals surface area (Å²) in [6.45, 7) is 7.14. The van der Waals surface area contributed by atoms with Crippen LogP contribution in [0.1, 0.15) is 27.2 Å². The molecule has 5 nitrogen and oxygen atoms in total. The fourth-order valence-electron chi connectivity index (χ4n) is 2.69. The summed E-state index contributed by atoms with van der Waals surface area (Å²) in [5.41, 5.74) is 0.949. The number of hydrogen-bond acceptors (Lipinski definition) is 5. The van der Waals surface area contributed by atoms with Crippen molar-refractivity contribution in [3.63, 3.8) is 0 Å². The maximum atomic E-state index is 12.7. The molecule has 1 saturated carbocycles. The third-order valence-corrected chi connectivity index (χ3v) is 6.16. The minimum atomic E-state index is -3.01. The lowest BCUT2D eigenvalue weighted by Gasteiger charge is -2.25. The van der Waals surface area contributed by atoms with Gasteiger partial charge in [-0.05, 0) is 20.3 Å². The number of nitrogens with zero attached hydrogens (tertiary/aromatic N) is 1. The normalized spacial score (nSPS) is 32.2. The Kier molecular flexibility index (Phi) is 3.91. The second-order valence-electron chi connectivity index (χ2n) is 4.48. The summed E-state index contributed by atoms with van der Waals surface area (Å²) >= 11 is 0. The molecule has 2 aliphatic rings. The topological polar surface area (TPSA) is 57.1 Å². The Balaban J connectivity index is 2.18. The van der Waals surface area contributed by atoms with E-state index in [2.05, 4.69) is 5.16 Å². The summed E-state index contributed by atoms with van der Waals surface area (Å²) in [6, 6.07) is 0. The van der Waals surface area contributed by atoms with E-state index in [1.165, 1.54) is 0 Å². The molecule has 17 heavy (non-hydrogen) atoms. The maximum Gasteiger partial charge on any atom is 0.334 e. The molecular formula is C11H20NO4P. The molecule has 0 unspecified atom stereocenters. The largest absolute Gasteiger partial charge is 0.395 e. The number of oxime groups is 1. The molecule has 0 aromatic heterocycles. The molecule has 3 atom stereocenters. The summed E-state index contributed by atoms with van der Waals surface area (Å²) in [5, 5.41) is 4.05. The fraction of sp³-hybridized carbons (Fsp3) is 0.909. The number of rotatable bonds is 5. The van der Waals surface area contributed by atoms with E-state index < -0.39 is 7.60 Å². The van der Waals surface area contributed by atoms with E-state index in [-0.39, 0.29) is 11.6 Å². The van der Waals surface area contributed by atoms with E-state index in [0.29, 0.717) is 25.7 Å². The van der Waals surface area contributed by atoms with Crippen LogP contribution in [0.5, 0.6) is 0 Å². The van der Waals surface area contributed by atoms with Crippen LogP contribution in [0.3, 0.4) is 0 Å². The van der Waals surface area contributed by atoms with Crippen LogP contribution in [0.4, 0.5) is 0 Å². The van der Waals surface area contributed by atoms with Crippen LogP contribution < -0.4 is 0 Å². The van der Waals surface area contributed by atoms with Gasteiger partial charge in [0.1, 0.15) is 6.61 Å². The van der Waals surface area contributed by atoms with Crippen molar-refractivity contribution < 1.29 is 18.5 Å². The Morgan fingerprint density at radius 3 is 2.59 bits per heavy atom. The second kappa shape index (κ2) is 5.09. The standard InChI is InChI=1S/C11H20NO4P/c1-4-15-17(13,16-5-2)10-6-9-7-14-12-11(9)8(10)3/h8-10H,4-7H2,1-3H3/t8-,9-,10+/m1/s1. The van der Waals surface area contributed by atoms with E-state index in [4.69, 9.17) is 13.9 Å². The van der Waals surface area contributed by atoms with Crippen LogP contribution in [0.2, 0.25) is 0 Å². The highest BCUT2D eigenvalue weighted by Gasteiger charge is 2.50. The van der Waals surface area contributed by atoms with Crippen molar-refractivity contribution in [3.05, 3.63) is 0 Å². The third-order valence-electron chi connectivity index (χ3n) is 3.46. The lowest BCUT2D eigenvalue weighted by Crippen LogP contribution is -2.19. The highest BCUT2D eigenvalue weighted by molar-refractivity contribution is 7.54. The van der Waals surface area contributed by atoms with Gasteiger partial charge in [0.25, 0.3) is 0 Å². The van der Waals surface area contributed by atoms with Crippen molar-refractivity contribution in [1.82, 2.24) is 0 Å². The van der Waals surface area contributed by atoms with Gasteiger partial charge in [0.15, 0.2) is 0 Å². The Hall–Kier alpha value is -0.380. The summed E-state index contributed by atoms with van der Waals surface area (Å²) in [7, 11) is -3.01. The van der Waals surface area contributed by atoms with Crippen molar-refractivity contribution in [3.8, 4) is 0 Å². The molecule has 0 radical (unpaired) electrons. The molecule has 1 aliphatic carbocycles. The van der Waals surface area contributed by atoms with Crippen molar-refractivity contribution in [2.24, 2.45) is 17.0 Å². The van der Waals surface area contributed by atoms with Gasteiger partial charge in [0, 0.05) is 11.8 Å². The Morgan fingerprint density at radius 2 is 2.06 bits per heavy atom. The molecule has 6 heteroatoms. The van der Waals surface area contributed by atoms with Crippen LogP contribution in [0.25, 0.3) is 0 Å². The molecule has 2 rings (SSSR count). The van der Waals surface area contributed by atoms with Gasteiger partial charge in [-0.1, -0.05) is 12.1 Å². The van der Waals surface area contributed by atoms with Crippen LogP contribution >= 0.6 is 7.60 Å². The zero-order valence-electron chi connectivity index (χ0n) is 10.6.